The molecular weight excluding hydrogens is 342 g/mol. The zero-order valence-corrected chi connectivity index (χ0v) is 14.1. The van der Waals surface area contributed by atoms with Gasteiger partial charge in [-0.2, -0.15) is 0 Å². The van der Waals surface area contributed by atoms with Crippen LogP contribution < -0.4 is 4.90 Å². The summed E-state index contributed by atoms with van der Waals surface area (Å²) in [6.07, 6.45) is 0. The molecule has 0 N–H and O–H groups in total. The van der Waals surface area contributed by atoms with Gasteiger partial charge < -0.3 is 4.74 Å². The lowest BCUT2D eigenvalue weighted by Gasteiger charge is -2.29. The van der Waals surface area contributed by atoms with Crippen molar-refractivity contribution in [3.63, 3.8) is 0 Å². The van der Waals surface area contributed by atoms with E-state index in [2.05, 4.69) is 6.58 Å². The van der Waals surface area contributed by atoms with Crippen molar-refractivity contribution in [3.05, 3.63) is 76.8 Å². The number of Topliss-reactive ketones (excluding diaryl/α,β-unsaturated/α-hetero) is 1. The molecule has 2 aromatic rings. The number of hydrogen-bond acceptors (Lipinski definition) is 4. The predicted octanol–water partition coefficient (Wildman–Crippen LogP) is 3.34. The van der Waals surface area contributed by atoms with Crippen LogP contribution in [0.15, 0.2) is 60.7 Å². The Morgan fingerprint density at radius 1 is 1.16 bits per heavy atom. The molecule has 1 atom stereocenters. The first-order chi connectivity index (χ1) is 12.0. The summed E-state index contributed by atoms with van der Waals surface area (Å²) in [5.41, 5.74) is 1.30. The maximum Gasteiger partial charge on any atom is 0.335 e. The second-order valence-corrected chi connectivity index (χ2v) is 5.93. The van der Waals surface area contributed by atoms with E-state index in [1.54, 1.807) is 48.5 Å². The number of methoxy groups -OCH3 is 1. The number of fused-ring (bicyclic) bond motifs is 1. The summed E-state index contributed by atoms with van der Waals surface area (Å²) in [5, 5.41) is 0.437. The number of ketones is 1. The van der Waals surface area contributed by atoms with E-state index in [4.69, 9.17) is 16.3 Å². The van der Waals surface area contributed by atoms with Crippen LogP contribution in [0.1, 0.15) is 22.0 Å². The van der Waals surface area contributed by atoms with Gasteiger partial charge in [-0.3, -0.25) is 14.5 Å². The highest BCUT2D eigenvalue weighted by atomic mass is 35.5. The minimum absolute atomic E-state index is 0.0302. The maximum absolute atomic E-state index is 12.6. The van der Waals surface area contributed by atoms with Gasteiger partial charge in [0.25, 0.3) is 11.7 Å². The minimum atomic E-state index is -0.897. The Morgan fingerprint density at radius 3 is 2.56 bits per heavy atom. The molecule has 1 aliphatic rings. The number of ether oxygens (including phenoxy) is 1. The zero-order chi connectivity index (χ0) is 18.1. The number of amides is 1. The first kappa shape index (κ1) is 16.9. The lowest BCUT2D eigenvalue weighted by atomic mass is 9.97. The van der Waals surface area contributed by atoms with Crippen molar-refractivity contribution < 1.29 is 19.1 Å². The lowest BCUT2D eigenvalue weighted by Crippen LogP contribution is -2.36. The lowest BCUT2D eigenvalue weighted by molar-refractivity contribution is -0.136. The van der Waals surface area contributed by atoms with E-state index >= 15 is 0 Å². The Labute approximate surface area is 149 Å². The number of rotatable bonds is 4. The molecule has 1 amide bonds. The van der Waals surface area contributed by atoms with Crippen LogP contribution in [0, 0.1) is 0 Å². The number of para-hydroxylation sites is 1. The standard InChI is InChI=1S/C19H14ClNO4/c1-11(19(24)25-2)16(12-6-5-7-13(20)10-12)21-15-9-4-3-8-14(15)17(22)18(21)23/h3-10,16H,1H2,2H3/t16-/m1/s1. The van der Waals surface area contributed by atoms with E-state index in [0.29, 0.717) is 16.3 Å². The number of carbonyl (C=O) groups excluding carboxylic acids is 3. The largest absolute Gasteiger partial charge is 0.466 e. The van der Waals surface area contributed by atoms with E-state index in [9.17, 15) is 14.4 Å². The molecule has 2 aromatic carbocycles. The third-order valence-electron chi connectivity index (χ3n) is 4.02. The van der Waals surface area contributed by atoms with Crippen LogP contribution in [-0.2, 0) is 14.3 Å². The molecule has 0 unspecified atom stereocenters. The molecule has 6 heteroatoms. The average Bonchev–Trinajstić information content (AvgIpc) is 2.87. The van der Waals surface area contributed by atoms with Crippen LogP contribution in [-0.4, -0.2) is 24.8 Å². The second kappa shape index (κ2) is 6.53. The van der Waals surface area contributed by atoms with Crippen LogP contribution in [0.5, 0.6) is 0 Å². The summed E-state index contributed by atoms with van der Waals surface area (Å²) >= 11 is 6.06. The molecule has 0 aliphatic carbocycles. The van der Waals surface area contributed by atoms with Crippen LogP contribution in [0.4, 0.5) is 5.69 Å². The monoisotopic (exact) mass is 355 g/mol. The van der Waals surface area contributed by atoms with Crippen LogP contribution in [0.25, 0.3) is 0 Å². The van der Waals surface area contributed by atoms with Gasteiger partial charge in [-0.05, 0) is 29.8 Å². The van der Waals surface area contributed by atoms with Crippen molar-refractivity contribution in [2.75, 3.05) is 12.0 Å². The van der Waals surface area contributed by atoms with Crippen molar-refractivity contribution in [1.29, 1.82) is 0 Å². The van der Waals surface area contributed by atoms with Gasteiger partial charge in [-0.1, -0.05) is 42.4 Å². The van der Waals surface area contributed by atoms with E-state index in [-0.39, 0.29) is 11.1 Å². The van der Waals surface area contributed by atoms with E-state index in [0.717, 1.165) is 0 Å². The van der Waals surface area contributed by atoms with Crippen molar-refractivity contribution in [2.24, 2.45) is 0 Å². The van der Waals surface area contributed by atoms with E-state index < -0.39 is 23.7 Å². The molecule has 126 valence electrons. The summed E-state index contributed by atoms with van der Waals surface area (Å²) in [7, 11) is 1.23. The molecule has 1 heterocycles. The van der Waals surface area contributed by atoms with Crippen molar-refractivity contribution in [3.8, 4) is 0 Å². The average molecular weight is 356 g/mol. The van der Waals surface area contributed by atoms with Gasteiger partial charge in [0.15, 0.2) is 0 Å². The number of nitrogens with zero attached hydrogens (tertiary/aromatic N) is 1. The van der Waals surface area contributed by atoms with E-state index in [1.807, 2.05) is 0 Å². The van der Waals surface area contributed by atoms with Gasteiger partial charge in [0.1, 0.15) is 0 Å². The predicted molar refractivity (Wildman–Crippen MR) is 93.6 cm³/mol. The molecule has 0 bridgehead atoms. The van der Waals surface area contributed by atoms with Gasteiger partial charge in [0.2, 0.25) is 0 Å². The fourth-order valence-corrected chi connectivity index (χ4v) is 3.09. The molecular formula is C19H14ClNO4. The first-order valence-electron chi connectivity index (χ1n) is 7.45. The molecule has 0 saturated heterocycles. The van der Waals surface area contributed by atoms with E-state index in [1.165, 1.54) is 12.0 Å². The molecule has 0 fully saturated rings. The normalized spacial score (nSPS) is 14.2. The molecule has 5 nitrogen and oxygen atoms in total. The third-order valence-corrected chi connectivity index (χ3v) is 4.26. The Balaban J connectivity index is 2.19. The summed E-state index contributed by atoms with van der Waals surface area (Å²) in [5.74, 6) is -2.02. The zero-order valence-electron chi connectivity index (χ0n) is 13.4. The van der Waals surface area contributed by atoms with Crippen LogP contribution in [0.3, 0.4) is 0 Å². The molecule has 3 rings (SSSR count). The summed E-state index contributed by atoms with van der Waals surface area (Å²) in [4.78, 5) is 38.3. The van der Waals surface area contributed by atoms with Gasteiger partial charge in [-0.15, -0.1) is 0 Å². The van der Waals surface area contributed by atoms with Crippen LogP contribution in [0.2, 0.25) is 5.02 Å². The number of hydrogen-bond donors (Lipinski definition) is 0. The fraction of sp³-hybridized carbons (Fsp3) is 0.105. The van der Waals surface area contributed by atoms with Gasteiger partial charge in [-0.25, -0.2) is 4.79 Å². The van der Waals surface area contributed by atoms with Crippen molar-refractivity contribution in [1.82, 2.24) is 0 Å². The first-order valence-corrected chi connectivity index (χ1v) is 7.83. The highest BCUT2D eigenvalue weighted by Gasteiger charge is 2.42. The Hall–Kier alpha value is -2.92. The number of carbonyl (C=O) groups is 3. The highest BCUT2D eigenvalue weighted by Crippen LogP contribution is 2.39. The molecule has 0 saturated carbocycles. The molecule has 1 aliphatic heterocycles. The number of anilines is 1. The van der Waals surface area contributed by atoms with Crippen LogP contribution >= 0.6 is 11.6 Å². The topological polar surface area (TPSA) is 63.7 Å². The van der Waals surface area contributed by atoms with Gasteiger partial charge in [0.05, 0.1) is 30.0 Å². The quantitative estimate of drug-likeness (QED) is 0.479. The summed E-state index contributed by atoms with van der Waals surface area (Å²) < 4.78 is 4.76. The number of esters is 1. The van der Waals surface area contributed by atoms with Gasteiger partial charge >= 0.3 is 5.97 Å². The summed E-state index contributed by atoms with van der Waals surface area (Å²) in [6, 6.07) is 12.4. The molecule has 0 spiro atoms. The number of benzene rings is 2. The minimum Gasteiger partial charge on any atom is -0.466 e. The third kappa shape index (κ3) is 2.83. The number of halogens is 1. The molecule has 25 heavy (non-hydrogen) atoms. The highest BCUT2D eigenvalue weighted by molar-refractivity contribution is 6.52. The fourth-order valence-electron chi connectivity index (χ4n) is 2.89. The summed E-state index contributed by atoms with van der Waals surface area (Å²) in [6.45, 7) is 3.79. The van der Waals surface area contributed by atoms with Crippen molar-refractivity contribution in [2.45, 2.75) is 6.04 Å². The van der Waals surface area contributed by atoms with Crippen molar-refractivity contribution >= 4 is 34.9 Å². The Bertz CT molecular complexity index is 906. The molecule has 0 radical (unpaired) electrons. The molecule has 0 aromatic heterocycles. The Kier molecular flexibility index (Phi) is 4.42. The maximum atomic E-state index is 12.6. The smallest absolute Gasteiger partial charge is 0.335 e. The second-order valence-electron chi connectivity index (χ2n) is 5.50. The Morgan fingerprint density at radius 2 is 1.88 bits per heavy atom. The van der Waals surface area contributed by atoms with Gasteiger partial charge in [0, 0.05) is 5.02 Å². The SMILES string of the molecule is C=C(C(=O)OC)[C@H](c1cccc(Cl)c1)N1C(=O)C(=O)c2ccccc21.